The van der Waals surface area contributed by atoms with Crippen LogP contribution in [0.25, 0.3) is 10.9 Å². The Kier molecular flexibility index (Phi) is 5.23. The first-order valence-electron chi connectivity index (χ1n) is 10.5. The van der Waals surface area contributed by atoms with E-state index in [1.807, 2.05) is 35.2 Å². The lowest BCUT2D eigenvalue weighted by atomic mass is 9.68. The molecule has 0 aliphatic carbocycles. The van der Waals surface area contributed by atoms with Crippen LogP contribution in [0.15, 0.2) is 46.9 Å². The lowest BCUT2D eigenvalue weighted by Crippen LogP contribution is -2.48. The standard InChI is InChI=1S/C24H20BrClN4O2/c25-16-1-3-19-18(13-16)24(14-22(31)28-19)5-8-29(9-6-24)23(32)21-12-15-11-17(26)2-4-20(15)30(21)10-7-27/h1-4,11-13H,5-6,8-10,14H2,(H,28,31). The van der Waals surface area contributed by atoms with Crippen molar-refractivity contribution in [2.75, 3.05) is 18.4 Å². The zero-order chi connectivity index (χ0) is 22.5. The van der Waals surface area contributed by atoms with Crippen LogP contribution in [0.5, 0.6) is 0 Å². The van der Waals surface area contributed by atoms with Crippen molar-refractivity contribution in [2.24, 2.45) is 0 Å². The van der Waals surface area contributed by atoms with Gasteiger partial charge in [0.1, 0.15) is 12.2 Å². The maximum atomic E-state index is 13.5. The maximum absolute atomic E-state index is 13.5. The van der Waals surface area contributed by atoms with E-state index < -0.39 is 0 Å². The van der Waals surface area contributed by atoms with E-state index in [4.69, 9.17) is 11.6 Å². The van der Waals surface area contributed by atoms with Gasteiger partial charge in [-0.05, 0) is 60.9 Å². The smallest absolute Gasteiger partial charge is 0.270 e. The van der Waals surface area contributed by atoms with Gasteiger partial charge in [0.15, 0.2) is 0 Å². The minimum Gasteiger partial charge on any atom is -0.337 e. The molecule has 2 aliphatic rings. The fraction of sp³-hybridized carbons (Fsp3) is 0.292. The molecule has 1 N–H and O–H groups in total. The zero-order valence-corrected chi connectivity index (χ0v) is 19.5. The molecule has 32 heavy (non-hydrogen) atoms. The third-order valence-corrected chi connectivity index (χ3v) is 7.37. The van der Waals surface area contributed by atoms with E-state index in [0.717, 1.165) is 26.6 Å². The highest BCUT2D eigenvalue weighted by Crippen LogP contribution is 2.46. The molecule has 3 aromatic rings. The van der Waals surface area contributed by atoms with Crippen molar-refractivity contribution in [1.29, 1.82) is 5.26 Å². The molecule has 0 bridgehead atoms. The van der Waals surface area contributed by atoms with Crippen molar-refractivity contribution in [3.8, 4) is 6.07 Å². The summed E-state index contributed by atoms with van der Waals surface area (Å²) in [7, 11) is 0. The molecule has 1 aromatic heterocycles. The minimum atomic E-state index is -0.273. The number of carbonyl (C=O) groups excluding carboxylic acids is 2. The number of benzene rings is 2. The summed E-state index contributed by atoms with van der Waals surface area (Å²) < 4.78 is 2.73. The lowest BCUT2D eigenvalue weighted by molar-refractivity contribution is -0.118. The monoisotopic (exact) mass is 510 g/mol. The molecule has 0 saturated carbocycles. The Bertz CT molecular complexity index is 1300. The second-order valence-electron chi connectivity index (χ2n) is 8.46. The molecule has 3 heterocycles. The highest BCUT2D eigenvalue weighted by molar-refractivity contribution is 9.10. The number of rotatable bonds is 2. The Hall–Kier alpha value is -2.82. The summed E-state index contributed by atoms with van der Waals surface area (Å²) in [5.74, 6) is -0.0808. The Labute approximate surface area is 198 Å². The fourth-order valence-electron chi connectivity index (χ4n) is 5.07. The predicted molar refractivity (Wildman–Crippen MR) is 127 cm³/mol. The van der Waals surface area contributed by atoms with Crippen LogP contribution in [-0.2, 0) is 16.8 Å². The molecule has 2 aromatic carbocycles. The lowest BCUT2D eigenvalue weighted by Gasteiger charge is -2.45. The van der Waals surface area contributed by atoms with Gasteiger partial charge in [-0.25, -0.2) is 0 Å². The zero-order valence-electron chi connectivity index (χ0n) is 17.2. The van der Waals surface area contributed by atoms with Gasteiger partial charge >= 0.3 is 0 Å². The van der Waals surface area contributed by atoms with Gasteiger partial charge in [0, 0.05) is 51.0 Å². The summed E-state index contributed by atoms with van der Waals surface area (Å²) in [4.78, 5) is 27.7. The van der Waals surface area contributed by atoms with Gasteiger partial charge in [0.25, 0.3) is 5.91 Å². The van der Waals surface area contributed by atoms with Crippen LogP contribution < -0.4 is 5.32 Å². The van der Waals surface area contributed by atoms with Crippen LogP contribution in [0.3, 0.4) is 0 Å². The van der Waals surface area contributed by atoms with Crippen LogP contribution in [0, 0.1) is 11.3 Å². The molecule has 1 spiro atoms. The summed E-state index contributed by atoms with van der Waals surface area (Å²) in [6.07, 6.45) is 1.84. The molecule has 6 nitrogen and oxygen atoms in total. The number of likely N-dealkylation sites (tertiary alicyclic amines) is 1. The van der Waals surface area contributed by atoms with E-state index in [9.17, 15) is 14.9 Å². The van der Waals surface area contributed by atoms with Crippen LogP contribution in [0.1, 0.15) is 35.3 Å². The number of halogens is 2. The van der Waals surface area contributed by atoms with E-state index in [1.54, 1.807) is 10.6 Å². The summed E-state index contributed by atoms with van der Waals surface area (Å²) in [5.41, 5.74) is 3.02. The highest BCUT2D eigenvalue weighted by Gasteiger charge is 2.43. The van der Waals surface area contributed by atoms with E-state index in [-0.39, 0.29) is 23.8 Å². The van der Waals surface area contributed by atoms with Crippen LogP contribution in [-0.4, -0.2) is 34.4 Å². The molecule has 5 rings (SSSR count). The van der Waals surface area contributed by atoms with Gasteiger partial charge in [0.05, 0.1) is 6.07 Å². The van der Waals surface area contributed by atoms with Crippen LogP contribution in [0.2, 0.25) is 5.02 Å². The van der Waals surface area contributed by atoms with Crippen molar-refractivity contribution in [1.82, 2.24) is 9.47 Å². The summed E-state index contributed by atoms with van der Waals surface area (Å²) in [6.45, 7) is 1.19. The summed E-state index contributed by atoms with van der Waals surface area (Å²) in [5, 5.41) is 13.7. The van der Waals surface area contributed by atoms with E-state index in [1.165, 1.54) is 0 Å². The molecule has 2 amide bonds. The number of fused-ring (bicyclic) bond motifs is 3. The van der Waals surface area contributed by atoms with Crippen LogP contribution in [0.4, 0.5) is 5.69 Å². The number of piperidine rings is 1. The Balaban J connectivity index is 1.44. The largest absolute Gasteiger partial charge is 0.337 e. The topological polar surface area (TPSA) is 78.1 Å². The Morgan fingerprint density at radius 2 is 1.97 bits per heavy atom. The number of amides is 2. The SMILES string of the molecule is N#CCn1c(C(=O)N2CCC3(CC2)CC(=O)Nc2ccc(Br)cc23)cc2cc(Cl)ccc21. The molecule has 1 fully saturated rings. The molecular weight excluding hydrogens is 492 g/mol. The van der Waals surface area contributed by atoms with Crippen molar-refractivity contribution >= 4 is 55.9 Å². The maximum Gasteiger partial charge on any atom is 0.270 e. The third-order valence-electron chi connectivity index (χ3n) is 6.65. The third kappa shape index (κ3) is 3.48. The van der Waals surface area contributed by atoms with Gasteiger partial charge in [-0.1, -0.05) is 27.5 Å². The van der Waals surface area contributed by atoms with E-state index >= 15 is 0 Å². The number of aromatic nitrogens is 1. The number of nitrogens with one attached hydrogen (secondary N) is 1. The quantitative estimate of drug-likeness (QED) is 0.520. The van der Waals surface area contributed by atoms with Gasteiger partial charge < -0.3 is 14.8 Å². The molecule has 2 aliphatic heterocycles. The van der Waals surface area contributed by atoms with Crippen molar-refractivity contribution in [3.63, 3.8) is 0 Å². The fourth-order valence-corrected chi connectivity index (χ4v) is 5.61. The number of carbonyl (C=O) groups is 2. The van der Waals surface area contributed by atoms with Gasteiger partial charge in [-0.15, -0.1) is 0 Å². The molecule has 0 unspecified atom stereocenters. The van der Waals surface area contributed by atoms with E-state index in [0.29, 0.717) is 43.1 Å². The number of anilines is 1. The molecular formula is C24H20BrClN4O2. The highest BCUT2D eigenvalue weighted by atomic mass is 79.9. The van der Waals surface area contributed by atoms with Crippen LogP contribution >= 0.6 is 27.5 Å². The first-order chi connectivity index (χ1) is 15.4. The Morgan fingerprint density at radius 1 is 1.19 bits per heavy atom. The molecule has 8 heteroatoms. The van der Waals surface area contributed by atoms with Gasteiger partial charge in [0.2, 0.25) is 5.91 Å². The minimum absolute atomic E-state index is 0.0191. The number of hydrogen-bond acceptors (Lipinski definition) is 3. The second-order valence-corrected chi connectivity index (χ2v) is 9.82. The summed E-state index contributed by atoms with van der Waals surface area (Å²) in [6, 6.07) is 15.3. The Morgan fingerprint density at radius 3 is 2.72 bits per heavy atom. The average molecular weight is 512 g/mol. The number of hydrogen-bond donors (Lipinski definition) is 1. The normalized spacial score (nSPS) is 17.2. The molecule has 0 atom stereocenters. The molecule has 0 radical (unpaired) electrons. The van der Waals surface area contributed by atoms with Crippen molar-refractivity contribution in [3.05, 3.63) is 63.2 Å². The van der Waals surface area contributed by atoms with Crippen molar-refractivity contribution in [2.45, 2.75) is 31.2 Å². The van der Waals surface area contributed by atoms with Crippen molar-refractivity contribution < 1.29 is 9.59 Å². The molecule has 1 saturated heterocycles. The molecule has 162 valence electrons. The first kappa shape index (κ1) is 21.0. The average Bonchev–Trinajstić information content (AvgIpc) is 3.12. The summed E-state index contributed by atoms with van der Waals surface area (Å²) >= 11 is 9.68. The predicted octanol–water partition coefficient (Wildman–Crippen LogP) is 5.10. The first-order valence-corrected chi connectivity index (χ1v) is 11.6. The number of nitriles is 1. The van der Waals surface area contributed by atoms with E-state index in [2.05, 4.69) is 33.4 Å². The van der Waals surface area contributed by atoms with Gasteiger partial charge in [-0.2, -0.15) is 5.26 Å². The second kappa shape index (κ2) is 7.95. The van der Waals surface area contributed by atoms with Gasteiger partial charge in [-0.3, -0.25) is 9.59 Å². The number of nitrogens with zero attached hydrogens (tertiary/aromatic N) is 3.